The van der Waals surface area contributed by atoms with Crippen molar-refractivity contribution >= 4 is 52.3 Å². The summed E-state index contributed by atoms with van der Waals surface area (Å²) in [6, 6.07) is 25.3. The standard InChI is InChI=1S/C45H48F2N4O2S3/c1-29-11-14-32(15-12-29)56-51-23-19-34-35-20-24-54-28-44(2,3)21-8-22-45(4,31-10-7-9-30(25-31)13-18-40(52)53-6)43-48-42(50(5)49-43)36-26-33(16-17-37(36)46)55-41(35)38(47)27-39(34)51/h7,9-12,14-17,19,23,25-27H,8,13,18,20-22,24,28H2,1-6H3/t45-/m1/s1. The molecule has 1 aliphatic heterocycles. The van der Waals surface area contributed by atoms with Crippen LogP contribution < -0.4 is 0 Å². The summed E-state index contributed by atoms with van der Waals surface area (Å²) in [6.45, 7) is 8.87. The maximum absolute atomic E-state index is 16.5. The van der Waals surface area contributed by atoms with Crippen LogP contribution in [0, 0.1) is 24.0 Å². The van der Waals surface area contributed by atoms with Crippen molar-refractivity contribution in [3.8, 4) is 11.4 Å². The normalized spacial score (nSPS) is 17.6. The molecule has 0 radical (unpaired) electrons. The van der Waals surface area contributed by atoms with Crippen molar-refractivity contribution < 1.29 is 18.3 Å². The highest BCUT2D eigenvalue weighted by Crippen LogP contribution is 2.43. The molecule has 3 heterocycles. The van der Waals surface area contributed by atoms with E-state index in [1.165, 1.54) is 30.5 Å². The van der Waals surface area contributed by atoms with Crippen molar-refractivity contribution in [3.63, 3.8) is 0 Å². The van der Waals surface area contributed by atoms with Gasteiger partial charge in [-0.15, -0.1) is 0 Å². The quantitative estimate of drug-likeness (QED) is 0.155. The van der Waals surface area contributed by atoms with Gasteiger partial charge in [0.05, 0.1) is 28.5 Å². The molecule has 0 unspecified atom stereocenters. The van der Waals surface area contributed by atoms with Crippen molar-refractivity contribution in [3.05, 3.63) is 125 Å². The lowest BCUT2D eigenvalue weighted by atomic mass is 9.75. The van der Waals surface area contributed by atoms with Crippen LogP contribution in [-0.4, -0.2) is 43.3 Å². The summed E-state index contributed by atoms with van der Waals surface area (Å²) in [5.74, 6) is 1.86. The number of esters is 1. The van der Waals surface area contributed by atoms with Gasteiger partial charge in [0.2, 0.25) is 0 Å². The summed E-state index contributed by atoms with van der Waals surface area (Å²) in [5.41, 5.74) is 4.85. The van der Waals surface area contributed by atoms with Crippen LogP contribution in [0.5, 0.6) is 0 Å². The van der Waals surface area contributed by atoms with Crippen LogP contribution in [0.4, 0.5) is 8.78 Å². The predicted octanol–water partition coefficient (Wildman–Crippen LogP) is 11.6. The number of hydrogen-bond acceptors (Lipinski definition) is 7. The van der Waals surface area contributed by atoms with E-state index in [9.17, 15) is 4.79 Å². The molecule has 0 amide bonds. The second kappa shape index (κ2) is 16.8. The SMILES string of the molecule is COC(=O)CCc1cccc([C@@]2(C)CCCC(C)(C)CSCCc3c(c(F)cc4c3ccn4Sc3ccc(C)cc3)Sc3ccc(F)c(c3)-c3nc2nn3C)c1. The fraction of sp³-hybridized carbons (Fsp3) is 0.356. The molecule has 6 aromatic rings. The van der Waals surface area contributed by atoms with Gasteiger partial charge >= 0.3 is 5.97 Å². The molecular formula is C45H48F2N4O2S3. The average Bonchev–Trinajstić information content (AvgIpc) is 3.77. The molecule has 1 atom stereocenters. The summed E-state index contributed by atoms with van der Waals surface area (Å²) < 4.78 is 41.0. The number of hydrogen-bond donors (Lipinski definition) is 0. The van der Waals surface area contributed by atoms with Crippen LogP contribution in [0.15, 0.2) is 99.7 Å². The topological polar surface area (TPSA) is 61.9 Å². The van der Waals surface area contributed by atoms with Gasteiger partial charge in [-0.25, -0.2) is 18.4 Å². The summed E-state index contributed by atoms with van der Waals surface area (Å²) in [5, 5.41) is 5.98. The Balaban J connectivity index is 1.30. The third-order valence-electron chi connectivity index (χ3n) is 10.8. The molecule has 292 valence electrons. The zero-order valence-electron chi connectivity index (χ0n) is 32.8. The van der Waals surface area contributed by atoms with Crippen molar-refractivity contribution in [2.24, 2.45) is 12.5 Å². The Hall–Kier alpha value is -4.06. The van der Waals surface area contributed by atoms with Crippen LogP contribution in [0.1, 0.15) is 74.5 Å². The third kappa shape index (κ3) is 8.75. The summed E-state index contributed by atoms with van der Waals surface area (Å²) in [6.07, 6.45) is 6.26. The van der Waals surface area contributed by atoms with Gasteiger partial charge in [-0.3, -0.25) is 8.77 Å². The number of rotatable bonds is 6. The fourth-order valence-corrected chi connectivity index (χ4v) is 10.5. The smallest absolute Gasteiger partial charge is 0.305 e. The van der Waals surface area contributed by atoms with Crippen LogP contribution in [0.3, 0.4) is 0 Å². The predicted molar refractivity (Wildman–Crippen MR) is 227 cm³/mol. The van der Waals surface area contributed by atoms with Crippen LogP contribution >= 0.6 is 35.5 Å². The lowest BCUT2D eigenvalue weighted by Crippen LogP contribution is -2.27. The molecule has 0 aliphatic carbocycles. The number of thioether (sulfide) groups is 1. The number of methoxy groups -OCH3 is 1. The lowest BCUT2D eigenvalue weighted by Gasteiger charge is -2.30. The number of nitrogens with zero attached hydrogens (tertiary/aromatic N) is 4. The number of ether oxygens (including phenoxy) is 1. The average molecular weight is 811 g/mol. The molecule has 2 aromatic heterocycles. The minimum absolute atomic E-state index is 0.0471. The number of carbonyl (C=O) groups is 1. The number of benzene rings is 4. The monoisotopic (exact) mass is 810 g/mol. The van der Waals surface area contributed by atoms with Gasteiger partial charge < -0.3 is 4.74 Å². The molecule has 0 spiro atoms. The van der Waals surface area contributed by atoms with Crippen molar-refractivity contribution in [1.82, 2.24) is 18.7 Å². The van der Waals surface area contributed by atoms with E-state index in [4.69, 9.17) is 14.8 Å². The van der Waals surface area contributed by atoms with Crippen molar-refractivity contribution in [2.45, 2.75) is 86.3 Å². The molecule has 11 heteroatoms. The van der Waals surface area contributed by atoms with Gasteiger partial charge in [-0.05, 0) is 121 Å². The highest BCUT2D eigenvalue weighted by molar-refractivity contribution is 7.99. The Labute approximate surface area is 341 Å². The first kappa shape index (κ1) is 40.1. The van der Waals surface area contributed by atoms with Gasteiger partial charge in [0.15, 0.2) is 11.6 Å². The molecule has 4 aromatic carbocycles. The Bertz CT molecular complexity index is 2370. The molecule has 0 saturated heterocycles. The molecule has 56 heavy (non-hydrogen) atoms. The van der Waals surface area contributed by atoms with Gasteiger partial charge in [0, 0.05) is 40.9 Å². The van der Waals surface area contributed by atoms with Gasteiger partial charge in [0.1, 0.15) is 11.6 Å². The molecule has 7 rings (SSSR count). The fourth-order valence-electron chi connectivity index (χ4n) is 7.46. The molecule has 0 saturated carbocycles. The van der Waals surface area contributed by atoms with E-state index < -0.39 is 11.2 Å². The van der Waals surface area contributed by atoms with E-state index in [1.54, 1.807) is 41.9 Å². The molecule has 0 N–H and O–H groups in total. The van der Waals surface area contributed by atoms with Gasteiger partial charge in [-0.2, -0.15) is 16.9 Å². The van der Waals surface area contributed by atoms with Crippen LogP contribution in [-0.2, 0) is 34.8 Å². The molecule has 4 bridgehead atoms. The van der Waals surface area contributed by atoms with E-state index in [1.807, 2.05) is 34.1 Å². The van der Waals surface area contributed by atoms with E-state index in [0.29, 0.717) is 41.4 Å². The van der Waals surface area contributed by atoms with Gasteiger partial charge in [-0.1, -0.05) is 74.0 Å². The summed E-state index contributed by atoms with van der Waals surface area (Å²) in [4.78, 5) is 19.4. The minimum atomic E-state index is -0.587. The Kier molecular flexibility index (Phi) is 12.1. The number of aryl methyl sites for hydroxylation is 4. The van der Waals surface area contributed by atoms with Gasteiger partial charge in [0.25, 0.3) is 0 Å². The molecule has 1 aliphatic rings. The largest absolute Gasteiger partial charge is 0.469 e. The maximum atomic E-state index is 16.5. The number of fused-ring (bicyclic) bond motifs is 8. The first-order valence-corrected chi connectivity index (χ1v) is 21.8. The Morgan fingerprint density at radius 3 is 2.57 bits per heavy atom. The number of halogens is 2. The third-order valence-corrected chi connectivity index (χ3v) is 14.4. The number of carbonyl (C=O) groups excluding carboxylic acids is 1. The van der Waals surface area contributed by atoms with E-state index in [2.05, 4.69) is 70.2 Å². The number of aromatic nitrogens is 4. The van der Waals surface area contributed by atoms with E-state index >= 15 is 8.78 Å². The second-order valence-electron chi connectivity index (χ2n) is 15.7. The second-order valence-corrected chi connectivity index (χ2v) is 18.9. The molecule has 0 fully saturated rings. The highest BCUT2D eigenvalue weighted by atomic mass is 32.2. The summed E-state index contributed by atoms with van der Waals surface area (Å²) >= 11 is 4.82. The zero-order chi connectivity index (χ0) is 39.6. The lowest BCUT2D eigenvalue weighted by molar-refractivity contribution is -0.140. The first-order chi connectivity index (χ1) is 26.8. The van der Waals surface area contributed by atoms with E-state index in [-0.39, 0.29) is 17.2 Å². The summed E-state index contributed by atoms with van der Waals surface area (Å²) in [7, 11) is 3.20. The Morgan fingerprint density at radius 1 is 0.982 bits per heavy atom. The van der Waals surface area contributed by atoms with E-state index in [0.717, 1.165) is 68.2 Å². The molecular weight excluding hydrogens is 763 g/mol. The highest BCUT2D eigenvalue weighted by Gasteiger charge is 2.35. The van der Waals surface area contributed by atoms with Crippen LogP contribution in [0.2, 0.25) is 0 Å². The van der Waals surface area contributed by atoms with Crippen LogP contribution in [0.25, 0.3) is 22.3 Å². The Morgan fingerprint density at radius 2 is 1.79 bits per heavy atom. The zero-order valence-corrected chi connectivity index (χ0v) is 35.3. The first-order valence-electron chi connectivity index (χ1n) is 19.0. The maximum Gasteiger partial charge on any atom is 0.305 e. The minimum Gasteiger partial charge on any atom is -0.469 e. The molecule has 6 nitrogen and oxygen atoms in total. The van der Waals surface area contributed by atoms with Crippen molar-refractivity contribution in [1.29, 1.82) is 0 Å². The van der Waals surface area contributed by atoms with Crippen molar-refractivity contribution in [2.75, 3.05) is 18.6 Å².